The molecule has 6 nitrogen and oxygen atoms in total. The maximum Gasteiger partial charge on any atom is 0.357 e. The second-order valence-corrected chi connectivity index (χ2v) is 9.98. The van der Waals surface area contributed by atoms with Gasteiger partial charge in [0, 0.05) is 39.3 Å². The Hall–Kier alpha value is -3.09. The van der Waals surface area contributed by atoms with Crippen molar-refractivity contribution in [3.63, 3.8) is 0 Å². The molecule has 204 valence electrons. The number of thiazole rings is 1. The first-order valence-corrected chi connectivity index (χ1v) is 13.1. The lowest BCUT2D eigenvalue weighted by Crippen LogP contribution is -2.45. The number of carbonyl (C=O) groups excluding carboxylic acids is 1. The summed E-state index contributed by atoms with van der Waals surface area (Å²) in [7, 11) is 0. The molecule has 0 atom stereocenters. The largest absolute Gasteiger partial charge is 0.416 e. The molecule has 1 aliphatic heterocycles. The number of halogens is 5. The molecule has 2 heterocycles. The van der Waals surface area contributed by atoms with Crippen molar-refractivity contribution >= 4 is 23.1 Å². The summed E-state index contributed by atoms with van der Waals surface area (Å²) in [5.74, 6) is -13.9. The summed E-state index contributed by atoms with van der Waals surface area (Å²) in [5, 5.41) is 3.57. The van der Waals surface area contributed by atoms with Crippen LogP contribution in [0.1, 0.15) is 40.0 Å². The predicted octanol–water partition coefficient (Wildman–Crippen LogP) is 5.59. The van der Waals surface area contributed by atoms with E-state index in [4.69, 9.17) is 0 Å². The molecule has 1 N–H and O–H groups in total. The van der Waals surface area contributed by atoms with Gasteiger partial charge in [-0.1, -0.05) is 43.7 Å². The molecular weight excluding hydrogens is 527 g/mol. The highest BCUT2D eigenvalue weighted by Crippen LogP contribution is 2.32. The molecule has 1 aliphatic rings. The minimum Gasteiger partial charge on any atom is -0.416 e. The van der Waals surface area contributed by atoms with Crippen LogP contribution in [-0.4, -0.2) is 53.5 Å². The first kappa shape index (κ1) is 27.9. The average Bonchev–Trinajstić information content (AvgIpc) is 3.33. The zero-order chi connectivity index (χ0) is 27.2. The number of rotatable bonds is 10. The third kappa shape index (κ3) is 6.48. The van der Waals surface area contributed by atoms with Crippen molar-refractivity contribution in [1.29, 1.82) is 0 Å². The van der Waals surface area contributed by atoms with Crippen molar-refractivity contribution in [2.24, 2.45) is 0 Å². The van der Waals surface area contributed by atoms with Gasteiger partial charge in [0.15, 0.2) is 10.7 Å². The topological polar surface area (TPSA) is 57.7 Å². The Kier molecular flexibility index (Phi) is 9.29. The Bertz CT molecular complexity index is 1240. The van der Waals surface area contributed by atoms with Gasteiger partial charge in [0.05, 0.1) is 6.54 Å². The summed E-state index contributed by atoms with van der Waals surface area (Å²) in [6.45, 7) is 6.97. The second-order valence-electron chi connectivity index (χ2n) is 8.89. The Balaban J connectivity index is 1.46. The Morgan fingerprint density at radius 3 is 2.11 bits per heavy atom. The van der Waals surface area contributed by atoms with Crippen LogP contribution in [0.15, 0.2) is 30.3 Å². The van der Waals surface area contributed by atoms with E-state index in [9.17, 15) is 26.7 Å². The fourth-order valence-corrected chi connectivity index (χ4v) is 4.98. The van der Waals surface area contributed by atoms with Gasteiger partial charge in [-0.05, 0) is 12.0 Å². The molecular formula is C26H27F5N4O2S. The molecule has 1 fully saturated rings. The fourth-order valence-electron chi connectivity index (χ4n) is 4.03. The van der Waals surface area contributed by atoms with Crippen LogP contribution >= 0.6 is 11.3 Å². The van der Waals surface area contributed by atoms with Crippen molar-refractivity contribution in [3.05, 3.63) is 74.9 Å². The smallest absolute Gasteiger partial charge is 0.357 e. The predicted molar refractivity (Wildman–Crippen MR) is 134 cm³/mol. The summed E-state index contributed by atoms with van der Waals surface area (Å²) in [4.78, 5) is 21.7. The number of piperazine rings is 1. The number of aromatic nitrogens is 1. The van der Waals surface area contributed by atoms with E-state index < -0.39 is 40.8 Å². The number of esters is 1. The minimum atomic E-state index is -2.33. The van der Waals surface area contributed by atoms with Crippen LogP contribution in [0, 0.1) is 29.1 Å². The molecule has 1 saturated heterocycles. The van der Waals surface area contributed by atoms with Crippen molar-refractivity contribution < 1.29 is 31.5 Å². The van der Waals surface area contributed by atoms with Crippen molar-refractivity contribution in [2.45, 2.75) is 32.9 Å². The molecule has 0 spiro atoms. The SMILES string of the molecule is CCCCNc1nc(CN2CCN(Cc3ccccc3)CC2)sc1C(=O)Oc1c(F)c(F)c(F)c(F)c1F. The quantitative estimate of drug-likeness (QED) is 0.0881. The summed E-state index contributed by atoms with van der Waals surface area (Å²) in [6, 6.07) is 10.2. The van der Waals surface area contributed by atoms with E-state index in [0.717, 1.165) is 56.9 Å². The lowest BCUT2D eigenvalue weighted by Gasteiger charge is -2.34. The van der Waals surface area contributed by atoms with E-state index in [1.807, 2.05) is 25.1 Å². The number of hydrogen-bond acceptors (Lipinski definition) is 7. The van der Waals surface area contributed by atoms with Gasteiger partial charge in [-0.3, -0.25) is 9.80 Å². The van der Waals surface area contributed by atoms with E-state index in [1.165, 1.54) is 5.56 Å². The molecule has 38 heavy (non-hydrogen) atoms. The number of benzene rings is 2. The van der Waals surface area contributed by atoms with Crippen LogP contribution in [0.5, 0.6) is 5.75 Å². The minimum absolute atomic E-state index is 0.109. The van der Waals surface area contributed by atoms with Gasteiger partial charge in [0.25, 0.3) is 0 Å². The fraction of sp³-hybridized carbons (Fsp3) is 0.385. The van der Waals surface area contributed by atoms with Crippen LogP contribution in [0.4, 0.5) is 27.8 Å². The van der Waals surface area contributed by atoms with E-state index >= 15 is 0 Å². The molecule has 12 heteroatoms. The Morgan fingerprint density at radius 1 is 0.921 bits per heavy atom. The Labute approximate surface area is 221 Å². The Morgan fingerprint density at radius 2 is 1.50 bits per heavy atom. The maximum absolute atomic E-state index is 14.1. The third-order valence-corrected chi connectivity index (χ3v) is 7.14. The number of hydrogen-bond donors (Lipinski definition) is 1. The summed E-state index contributed by atoms with van der Waals surface area (Å²) in [5.41, 5.74) is 1.24. The number of carbonyl (C=O) groups is 1. The normalized spacial score (nSPS) is 14.6. The number of anilines is 1. The average molecular weight is 555 g/mol. The molecule has 0 aliphatic carbocycles. The zero-order valence-electron chi connectivity index (χ0n) is 20.7. The molecule has 1 aromatic heterocycles. The van der Waals surface area contributed by atoms with Gasteiger partial charge < -0.3 is 10.1 Å². The highest BCUT2D eigenvalue weighted by atomic mass is 32.1. The van der Waals surface area contributed by atoms with E-state index in [0.29, 0.717) is 18.1 Å². The van der Waals surface area contributed by atoms with Crippen molar-refractivity contribution in [1.82, 2.24) is 14.8 Å². The first-order chi connectivity index (χ1) is 18.3. The van der Waals surface area contributed by atoms with E-state index in [-0.39, 0.29) is 10.7 Å². The molecule has 0 bridgehead atoms. The lowest BCUT2D eigenvalue weighted by atomic mass is 10.2. The molecule has 0 unspecified atom stereocenters. The van der Waals surface area contributed by atoms with Gasteiger partial charge in [-0.15, -0.1) is 11.3 Å². The van der Waals surface area contributed by atoms with Crippen LogP contribution < -0.4 is 10.1 Å². The summed E-state index contributed by atoms with van der Waals surface area (Å²) in [6.07, 6.45) is 1.63. The highest BCUT2D eigenvalue weighted by molar-refractivity contribution is 7.14. The third-order valence-electron chi connectivity index (χ3n) is 6.12. The van der Waals surface area contributed by atoms with Crippen LogP contribution in [0.3, 0.4) is 0 Å². The van der Waals surface area contributed by atoms with Crippen molar-refractivity contribution in [3.8, 4) is 5.75 Å². The number of ether oxygens (including phenoxy) is 1. The molecule has 2 aromatic carbocycles. The maximum atomic E-state index is 14.1. The molecule has 4 rings (SSSR count). The molecule has 0 saturated carbocycles. The summed E-state index contributed by atoms with van der Waals surface area (Å²) >= 11 is 0.955. The molecule has 3 aromatic rings. The van der Waals surface area contributed by atoms with Crippen LogP contribution in [-0.2, 0) is 13.1 Å². The highest BCUT2D eigenvalue weighted by Gasteiger charge is 2.31. The van der Waals surface area contributed by atoms with Gasteiger partial charge in [-0.2, -0.15) is 8.78 Å². The second kappa shape index (κ2) is 12.6. The van der Waals surface area contributed by atoms with Gasteiger partial charge in [0.1, 0.15) is 5.01 Å². The van der Waals surface area contributed by atoms with E-state index in [1.54, 1.807) is 0 Å². The van der Waals surface area contributed by atoms with Crippen LogP contribution in [0.25, 0.3) is 0 Å². The van der Waals surface area contributed by atoms with Gasteiger partial charge in [-0.25, -0.2) is 22.9 Å². The first-order valence-electron chi connectivity index (χ1n) is 12.2. The standard InChI is InChI=1S/C26H27F5N4O2S/c1-2-3-9-32-25-24(26(36)37-23-21(30)19(28)18(27)20(29)22(23)31)38-17(33-25)15-35-12-10-34(11-13-35)14-16-7-5-4-6-8-16/h4-8,32H,2-3,9-15H2,1H3. The van der Waals surface area contributed by atoms with Gasteiger partial charge >= 0.3 is 5.97 Å². The van der Waals surface area contributed by atoms with Crippen LogP contribution in [0.2, 0.25) is 0 Å². The number of nitrogens with zero attached hydrogens (tertiary/aromatic N) is 3. The molecule has 0 radical (unpaired) electrons. The lowest BCUT2D eigenvalue weighted by molar-refractivity contribution is 0.0721. The monoisotopic (exact) mass is 554 g/mol. The van der Waals surface area contributed by atoms with Gasteiger partial charge in [0.2, 0.25) is 34.8 Å². The molecule has 0 amide bonds. The number of unbranched alkanes of at least 4 members (excludes halogenated alkanes) is 1. The van der Waals surface area contributed by atoms with E-state index in [2.05, 4.69) is 37.0 Å². The van der Waals surface area contributed by atoms with Crippen molar-refractivity contribution in [2.75, 3.05) is 38.0 Å². The zero-order valence-corrected chi connectivity index (χ0v) is 21.5. The summed E-state index contributed by atoms with van der Waals surface area (Å²) < 4.78 is 73.3. The number of nitrogens with one attached hydrogen (secondary N) is 1.